The SMILES string of the molecule is Cc1nn(CC(C)C)c(C)c1CC(=O)Nc1cc(C(C)(C)C)nn1Cc1ccccc1. The molecular weight excluding hydrogens is 386 g/mol. The van der Waals surface area contributed by atoms with Gasteiger partial charge in [-0.3, -0.25) is 9.48 Å². The van der Waals surface area contributed by atoms with E-state index in [0.29, 0.717) is 18.9 Å². The molecule has 0 fully saturated rings. The second kappa shape index (κ2) is 9.08. The summed E-state index contributed by atoms with van der Waals surface area (Å²) in [6.07, 6.45) is 0.303. The lowest BCUT2D eigenvalue weighted by atomic mass is 9.92. The summed E-state index contributed by atoms with van der Waals surface area (Å²) in [5, 5.41) is 12.5. The van der Waals surface area contributed by atoms with Gasteiger partial charge in [-0.1, -0.05) is 65.0 Å². The zero-order valence-corrected chi connectivity index (χ0v) is 19.9. The molecule has 0 aliphatic carbocycles. The Hall–Kier alpha value is -2.89. The van der Waals surface area contributed by atoms with Crippen molar-refractivity contribution in [3.05, 3.63) is 64.6 Å². The molecule has 2 aromatic heterocycles. The van der Waals surface area contributed by atoms with E-state index in [4.69, 9.17) is 5.10 Å². The Morgan fingerprint density at radius 1 is 1.06 bits per heavy atom. The maximum atomic E-state index is 13.0. The van der Waals surface area contributed by atoms with Gasteiger partial charge in [0.2, 0.25) is 5.91 Å². The van der Waals surface area contributed by atoms with Gasteiger partial charge in [-0.05, 0) is 25.3 Å². The second-order valence-electron chi connectivity index (χ2n) is 9.76. The van der Waals surface area contributed by atoms with E-state index in [2.05, 4.69) is 57.2 Å². The van der Waals surface area contributed by atoms with Gasteiger partial charge in [0.15, 0.2) is 0 Å². The number of nitrogens with zero attached hydrogens (tertiary/aromatic N) is 4. The van der Waals surface area contributed by atoms with Crippen molar-refractivity contribution in [3.63, 3.8) is 0 Å². The summed E-state index contributed by atoms with van der Waals surface area (Å²) < 4.78 is 3.90. The zero-order chi connectivity index (χ0) is 22.8. The Kier molecular flexibility index (Phi) is 6.68. The number of benzene rings is 1. The summed E-state index contributed by atoms with van der Waals surface area (Å²) in [5.41, 5.74) is 4.98. The molecule has 31 heavy (non-hydrogen) atoms. The van der Waals surface area contributed by atoms with Gasteiger partial charge in [-0.25, -0.2) is 4.68 Å². The molecule has 6 nitrogen and oxygen atoms in total. The smallest absolute Gasteiger partial charge is 0.230 e. The van der Waals surface area contributed by atoms with E-state index in [1.165, 1.54) is 0 Å². The molecule has 166 valence electrons. The first-order valence-electron chi connectivity index (χ1n) is 11.0. The van der Waals surface area contributed by atoms with E-state index in [0.717, 1.165) is 40.6 Å². The van der Waals surface area contributed by atoms with Crippen LogP contribution in [-0.4, -0.2) is 25.5 Å². The molecule has 0 radical (unpaired) electrons. The molecule has 6 heteroatoms. The number of carbonyl (C=O) groups excluding carboxylic acids is 1. The van der Waals surface area contributed by atoms with Crippen LogP contribution in [0.5, 0.6) is 0 Å². The van der Waals surface area contributed by atoms with Gasteiger partial charge in [0.25, 0.3) is 0 Å². The Labute approximate surface area is 185 Å². The molecule has 0 bridgehead atoms. The largest absolute Gasteiger partial charge is 0.311 e. The van der Waals surface area contributed by atoms with E-state index in [1.807, 2.05) is 47.5 Å². The van der Waals surface area contributed by atoms with Crippen LogP contribution in [0.2, 0.25) is 0 Å². The molecule has 0 saturated carbocycles. The summed E-state index contributed by atoms with van der Waals surface area (Å²) in [5.74, 6) is 1.18. The third kappa shape index (κ3) is 5.63. The fourth-order valence-electron chi connectivity index (χ4n) is 3.62. The Bertz CT molecular complexity index is 1040. The van der Waals surface area contributed by atoms with Crippen molar-refractivity contribution in [1.29, 1.82) is 0 Å². The summed E-state index contributed by atoms with van der Waals surface area (Å²) in [6, 6.07) is 12.2. The lowest BCUT2D eigenvalue weighted by Gasteiger charge is -2.14. The zero-order valence-electron chi connectivity index (χ0n) is 19.9. The molecule has 3 rings (SSSR count). The van der Waals surface area contributed by atoms with E-state index >= 15 is 0 Å². The number of hydrogen-bond donors (Lipinski definition) is 1. The van der Waals surface area contributed by atoms with Gasteiger partial charge in [0, 0.05) is 29.3 Å². The van der Waals surface area contributed by atoms with Crippen LogP contribution in [0.1, 0.15) is 62.8 Å². The molecule has 3 aromatic rings. The molecule has 0 aliphatic rings. The lowest BCUT2D eigenvalue weighted by molar-refractivity contribution is -0.115. The topological polar surface area (TPSA) is 64.7 Å². The number of carbonyl (C=O) groups is 1. The van der Waals surface area contributed by atoms with Crippen LogP contribution >= 0.6 is 0 Å². The monoisotopic (exact) mass is 421 g/mol. The van der Waals surface area contributed by atoms with Crippen molar-refractivity contribution in [2.75, 3.05) is 5.32 Å². The second-order valence-corrected chi connectivity index (χ2v) is 9.76. The van der Waals surface area contributed by atoms with Crippen molar-refractivity contribution in [2.24, 2.45) is 5.92 Å². The standard InChI is InChI=1S/C25H35N5O/c1-17(2)15-29-19(4)21(18(3)27-29)13-24(31)26-23-14-22(25(5,6)7)28-30(23)16-20-11-9-8-10-12-20/h8-12,14,17H,13,15-16H2,1-7H3,(H,26,31). The number of rotatable bonds is 7. The number of aryl methyl sites for hydroxylation is 1. The number of amides is 1. The van der Waals surface area contributed by atoms with E-state index < -0.39 is 0 Å². The predicted octanol–water partition coefficient (Wildman–Crippen LogP) is 4.88. The molecule has 0 aliphatic heterocycles. The van der Waals surface area contributed by atoms with Crippen LogP contribution in [-0.2, 0) is 29.7 Å². The highest BCUT2D eigenvalue weighted by Gasteiger charge is 2.22. The number of hydrogen-bond acceptors (Lipinski definition) is 3. The molecule has 1 aromatic carbocycles. The van der Waals surface area contributed by atoms with Crippen LogP contribution in [0.3, 0.4) is 0 Å². The fourth-order valence-corrected chi connectivity index (χ4v) is 3.62. The Morgan fingerprint density at radius 2 is 1.74 bits per heavy atom. The first kappa shape index (κ1) is 22.8. The number of nitrogens with one attached hydrogen (secondary N) is 1. The summed E-state index contributed by atoms with van der Waals surface area (Å²) in [6.45, 7) is 16.2. The van der Waals surface area contributed by atoms with E-state index in [-0.39, 0.29) is 11.3 Å². The van der Waals surface area contributed by atoms with Crippen LogP contribution in [0.4, 0.5) is 5.82 Å². The highest BCUT2D eigenvalue weighted by Crippen LogP contribution is 2.25. The Morgan fingerprint density at radius 3 is 2.35 bits per heavy atom. The van der Waals surface area contributed by atoms with Crippen LogP contribution in [0.15, 0.2) is 36.4 Å². The normalized spacial score (nSPS) is 11.9. The van der Waals surface area contributed by atoms with E-state index in [1.54, 1.807) is 0 Å². The predicted molar refractivity (Wildman–Crippen MR) is 125 cm³/mol. The van der Waals surface area contributed by atoms with Crippen LogP contribution in [0.25, 0.3) is 0 Å². The quantitative estimate of drug-likeness (QED) is 0.591. The molecule has 1 amide bonds. The van der Waals surface area contributed by atoms with Gasteiger partial charge in [0.1, 0.15) is 5.82 Å². The molecule has 1 N–H and O–H groups in total. The average molecular weight is 422 g/mol. The number of anilines is 1. The maximum absolute atomic E-state index is 13.0. The molecule has 0 atom stereocenters. The minimum atomic E-state index is -0.105. The minimum Gasteiger partial charge on any atom is -0.311 e. The summed E-state index contributed by atoms with van der Waals surface area (Å²) >= 11 is 0. The van der Waals surface area contributed by atoms with Crippen molar-refractivity contribution in [3.8, 4) is 0 Å². The molecule has 0 unspecified atom stereocenters. The van der Waals surface area contributed by atoms with Crippen molar-refractivity contribution in [2.45, 2.75) is 73.4 Å². The van der Waals surface area contributed by atoms with Crippen LogP contribution < -0.4 is 5.32 Å². The van der Waals surface area contributed by atoms with E-state index in [9.17, 15) is 4.79 Å². The third-order valence-electron chi connectivity index (χ3n) is 5.40. The van der Waals surface area contributed by atoms with Gasteiger partial charge < -0.3 is 5.32 Å². The molecular formula is C25H35N5O. The first-order valence-corrected chi connectivity index (χ1v) is 11.0. The summed E-state index contributed by atoms with van der Waals surface area (Å²) in [4.78, 5) is 13.0. The van der Waals surface area contributed by atoms with Gasteiger partial charge in [0.05, 0.1) is 24.4 Å². The maximum Gasteiger partial charge on any atom is 0.230 e. The highest BCUT2D eigenvalue weighted by molar-refractivity contribution is 5.91. The van der Waals surface area contributed by atoms with Gasteiger partial charge in [-0.15, -0.1) is 0 Å². The minimum absolute atomic E-state index is 0.0510. The van der Waals surface area contributed by atoms with Gasteiger partial charge >= 0.3 is 0 Å². The third-order valence-corrected chi connectivity index (χ3v) is 5.40. The summed E-state index contributed by atoms with van der Waals surface area (Å²) in [7, 11) is 0. The molecule has 0 spiro atoms. The average Bonchev–Trinajstić information content (AvgIpc) is 3.18. The first-order chi connectivity index (χ1) is 14.5. The van der Waals surface area contributed by atoms with Crippen molar-refractivity contribution in [1.82, 2.24) is 19.6 Å². The van der Waals surface area contributed by atoms with Crippen LogP contribution in [0, 0.1) is 19.8 Å². The molecule has 2 heterocycles. The number of aromatic nitrogens is 4. The lowest BCUT2D eigenvalue weighted by Crippen LogP contribution is -2.19. The fraction of sp³-hybridized carbons (Fsp3) is 0.480. The van der Waals surface area contributed by atoms with Gasteiger partial charge in [-0.2, -0.15) is 10.2 Å². The molecule has 0 saturated heterocycles. The highest BCUT2D eigenvalue weighted by atomic mass is 16.1. The Balaban J connectivity index is 1.82. The van der Waals surface area contributed by atoms with Crippen molar-refractivity contribution >= 4 is 11.7 Å². The van der Waals surface area contributed by atoms with Crippen molar-refractivity contribution < 1.29 is 4.79 Å².